The van der Waals surface area contributed by atoms with E-state index in [2.05, 4.69) is 22.4 Å². The quantitative estimate of drug-likeness (QED) is 0.809. The summed E-state index contributed by atoms with van der Waals surface area (Å²) in [5, 5.41) is 11.5. The molecule has 1 saturated heterocycles. The minimum Gasteiger partial charge on any atom is -0.342 e. The summed E-state index contributed by atoms with van der Waals surface area (Å²) in [5.41, 5.74) is 1.26. The molecule has 3 rings (SSSR count). The molecule has 1 atom stereocenters. The molecule has 2 heterocycles. The second kappa shape index (κ2) is 7.63. The van der Waals surface area contributed by atoms with Gasteiger partial charge in [0.25, 0.3) is 5.91 Å². The molecule has 1 aromatic carbocycles. The summed E-state index contributed by atoms with van der Waals surface area (Å²) in [6.07, 6.45) is 2.60. The molecule has 1 fully saturated rings. The van der Waals surface area contributed by atoms with Crippen LogP contribution in [0.25, 0.3) is 5.69 Å². The molecule has 0 aliphatic carbocycles. The average molecular weight is 356 g/mol. The first-order valence-electron chi connectivity index (χ1n) is 8.94. The van der Waals surface area contributed by atoms with Crippen molar-refractivity contribution in [2.75, 3.05) is 20.1 Å². The van der Waals surface area contributed by atoms with Crippen molar-refractivity contribution in [3.8, 4) is 5.69 Å². The van der Waals surface area contributed by atoms with E-state index >= 15 is 0 Å². The molecule has 1 unspecified atom stereocenters. The Kier molecular flexibility index (Phi) is 5.29. The Morgan fingerprint density at radius 1 is 1.31 bits per heavy atom. The normalized spacial score (nSPS) is 17.7. The highest BCUT2D eigenvalue weighted by Gasteiger charge is 2.35. The molecule has 8 heteroatoms. The molecule has 0 N–H and O–H groups in total. The molecule has 2 amide bonds. The van der Waals surface area contributed by atoms with Gasteiger partial charge in [-0.1, -0.05) is 25.8 Å². The zero-order valence-electron chi connectivity index (χ0n) is 15.4. The standard InChI is InChI=1S/C18H24N6O2/c1-4-5-9-16-18(26)22(3)10-11-23(16)17(25)14-7-6-8-15(12-14)24-13(2)19-20-21-24/h6-8,12,16H,4-5,9-11H2,1-3H3. The van der Waals surface area contributed by atoms with Crippen LogP contribution in [0.3, 0.4) is 0 Å². The molecule has 1 aliphatic rings. The topological polar surface area (TPSA) is 84.2 Å². The van der Waals surface area contributed by atoms with Crippen molar-refractivity contribution in [3.63, 3.8) is 0 Å². The smallest absolute Gasteiger partial charge is 0.254 e. The van der Waals surface area contributed by atoms with Gasteiger partial charge in [-0.15, -0.1) is 5.10 Å². The highest BCUT2D eigenvalue weighted by Crippen LogP contribution is 2.20. The fourth-order valence-electron chi connectivity index (χ4n) is 3.24. The highest BCUT2D eigenvalue weighted by atomic mass is 16.2. The van der Waals surface area contributed by atoms with E-state index in [1.54, 1.807) is 40.6 Å². The largest absolute Gasteiger partial charge is 0.342 e. The van der Waals surface area contributed by atoms with Gasteiger partial charge in [0.15, 0.2) is 5.82 Å². The number of hydrogen-bond acceptors (Lipinski definition) is 5. The monoisotopic (exact) mass is 356 g/mol. The first-order valence-corrected chi connectivity index (χ1v) is 8.94. The van der Waals surface area contributed by atoms with E-state index in [-0.39, 0.29) is 17.9 Å². The van der Waals surface area contributed by atoms with Crippen LogP contribution in [0.5, 0.6) is 0 Å². The first kappa shape index (κ1) is 18.0. The molecule has 1 aliphatic heterocycles. The summed E-state index contributed by atoms with van der Waals surface area (Å²) in [4.78, 5) is 29.1. The summed E-state index contributed by atoms with van der Waals surface area (Å²) in [5.74, 6) is 0.538. The van der Waals surface area contributed by atoms with Crippen LogP contribution in [-0.4, -0.2) is 68.0 Å². The van der Waals surface area contributed by atoms with E-state index in [9.17, 15) is 9.59 Å². The van der Waals surface area contributed by atoms with E-state index in [0.717, 1.165) is 18.5 Å². The van der Waals surface area contributed by atoms with Crippen molar-refractivity contribution in [1.29, 1.82) is 0 Å². The van der Waals surface area contributed by atoms with Crippen LogP contribution >= 0.6 is 0 Å². The van der Waals surface area contributed by atoms with Crippen LogP contribution in [0, 0.1) is 6.92 Å². The molecule has 0 spiro atoms. The molecule has 138 valence electrons. The van der Waals surface area contributed by atoms with E-state index in [0.29, 0.717) is 30.9 Å². The van der Waals surface area contributed by atoms with Gasteiger partial charge >= 0.3 is 0 Å². The summed E-state index contributed by atoms with van der Waals surface area (Å²) in [6.45, 7) is 4.98. The lowest BCUT2D eigenvalue weighted by Gasteiger charge is -2.39. The van der Waals surface area contributed by atoms with Gasteiger partial charge in [0, 0.05) is 25.7 Å². The van der Waals surface area contributed by atoms with E-state index in [1.165, 1.54) is 0 Å². The number of tetrazole rings is 1. The Hall–Kier alpha value is -2.77. The number of amides is 2. The molecule has 2 aromatic rings. The highest BCUT2D eigenvalue weighted by molar-refractivity contribution is 5.98. The Morgan fingerprint density at radius 3 is 2.81 bits per heavy atom. The number of likely N-dealkylation sites (N-methyl/N-ethyl adjacent to an activating group) is 1. The average Bonchev–Trinajstić information content (AvgIpc) is 3.08. The summed E-state index contributed by atoms with van der Waals surface area (Å²) >= 11 is 0. The maximum Gasteiger partial charge on any atom is 0.254 e. The Labute approximate surface area is 152 Å². The lowest BCUT2D eigenvalue weighted by Crippen LogP contribution is -2.57. The van der Waals surface area contributed by atoms with Crippen LogP contribution in [-0.2, 0) is 4.79 Å². The molecule has 1 aromatic heterocycles. The van der Waals surface area contributed by atoms with Gasteiger partial charge in [-0.3, -0.25) is 9.59 Å². The van der Waals surface area contributed by atoms with Crippen LogP contribution in [0.4, 0.5) is 0 Å². The number of carbonyl (C=O) groups excluding carboxylic acids is 2. The van der Waals surface area contributed by atoms with Gasteiger partial charge in [-0.25, -0.2) is 0 Å². The third-order valence-electron chi connectivity index (χ3n) is 4.77. The van der Waals surface area contributed by atoms with Crippen molar-refractivity contribution in [3.05, 3.63) is 35.7 Å². The van der Waals surface area contributed by atoms with Crippen LogP contribution in [0.15, 0.2) is 24.3 Å². The van der Waals surface area contributed by atoms with Crippen molar-refractivity contribution >= 4 is 11.8 Å². The number of nitrogens with zero attached hydrogens (tertiary/aromatic N) is 6. The number of hydrogen-bond donors (Lipinski definition) is 0. The summed E-state index contributed by atoms with van der Waals surface area (Å²) in [7, 11) is 1.80. The lowest BCUT2D eigenvalue weighted by molar-refractivity contribution is -0.138. The Morgan fingerprint density at radius 2 is 2.12 bits per heavy atom. The second-order valence-electron chi connectivity index (χ2n) is 6.60. The van der Waals surface area contributed by atoms with Gasteiger partial charge in [0.1, 0.15) is 6.04 Å². The maximum atomic E-state index is 13.1. The minimum atomic E-state index is -0.389. The van der Waals surface area contributed by atoms with Crippen molar-refractivity contribution < 1.29 is 9.59 Å². The molecule has 8 nitrogen and oxygen atoms in total. The fourth-order valence-corrected chi connectivity index (χ4v) is 3.24. The number of benzene rings is 1. The lowest BCUT2D eigenvalue weighted by atomic mass is 10.0. The van der Waals surface area contributed by atoms with E-state index in [4.69, 9.17) is 0 Å². The molecule has 0 bridgehead atoms. The molecular weight excluding hydrogens is 332 g/mol. The van der Waals surface area contributed by atoms with E-state index < -0.39 is 0 Å². The first-order chi connectivity index (χ1) is 12.5. The number of carbonyl (C=O) groups is 2. The SMILES string of the molecule is CCCCC1C(=O)N(C)CCN1C(=O)c1cccc(-n2nnnc2C)c1. The maximum absolute atomic E-state index is 13.1. The number of aryl methyl sites for hydroxylation is 1. The Balaban J connectivity index is 1.87. The van der Waals surface area contributed by atoms with Crippen LogP contribution < -0.4 is 0 Å². The molecule has 0 saturated carbocycles. The Bertz CT molecular complexity index is 802. The minimum absolute atomic E-state index is 0.0190. The van der Waals surface area contributed by atoms with Gasteiger partial charge in [-0.2, -0.15) is 4.68 Å². The van der Waals surface area contributed by atoms with Crippen molar-refractivity contribution in [2.45, 2.75) is 39.2 Å². The molecule has 0 radical (unpaired) electrons. The predicted molar refractivity (Wildman–Crippen MR) is 95.9 cm³/mol. The van der Waals surface area contributed by atoms with Crippen LogP contribution in [0.2, 0.25) is 0 Å². The van der Waals surface area contributed by atoms with Gasteiger partial charge < -0.3 is 9.80 Å². The van der Waals surface area contributed by atoms with Gasteiger partial charge in [0.2, 0.25) is 5.91 Å². The van der Waals surface area contributed by atoms with Crippen LogP contribution in [0.1, 0.15) is 42.4 Å². The van der Waals surface area contributed by atoms with Crippen molar-refractivity contribution in [1.82, 2.24) is 30.0 Å². The zero-order chi connectivity index (χ0) is 18.7. The second-order valence-corrected chi connectivity index (χ2v) is 6.60. The molecule has 26 heavy (non-hydrogen) atoms. The zero-order valence-corrected chi connectivity index (χ0v) is 15.4. The predicted octanol–water partition coefficient (Wildman–Crippen LogP) is 1.44. The van der Waals surface area contributed by atoms with Gasteiger partial charge in [-0.05, 0) is 42.0 Å². The fraction of sp³-hybridized carbons (Fsp3) is 0.500. The number of unbranched alkanes of at least 4 members (excludes halogenated alkanes) is 1. The van der Waals surface area contributed by atoms with Crippen molar-refractivity contribution in [2.24, 2.45) is 0 Å². The third-order valence-corrected chi connectivity index (χ3v) is 4.77. The van der Waals surface area contributed by atoms with E-state index in [1.807, 2.05) is 12.1 Å². The van der Waals surface area contributed by atoms with Gasteiger partial charge in [0.05, 0.1) is 5.69 Å². The number of rotatable bonds is 5. The summed E-state index contributed by atoms with van der Waals surface area (Å²) < 4.78 is 1.58. The number of aromatic nitrogens is 4. The third kappa shape index (κ3) is 3.44. The molecular formula is C18H24N6O2. The number of piperazine rings is 1. The summed E-state index contributed by atoms with van der Waals surface area (Å²) in [6, 6.07) is 6.81.